The average Bonchev–Trinajstić information content (AvgIpc) is 3.48. The number of benzene rings is 3. The lowest BCUT2D eigenvalue weighted by atomic mass is 9.76. The highest BCUT2D eigenvalue weighted by molar-refractivity contribution is 8.00. The van der Waals surface area contributed by atoms with Gasteiger partial charge in [0.25, 0.3) is 0 Å². The third kappa shape index (κ3) is 4.63. The number of aryl methyl sites for hydroxylation is 1. The second-order valence-corrected chi connectivity index (χ2v) is 11.7. The number of piperidine rings is 1. The number of hydrogen-bond acceptors (Lipinski definition) is 5. The Bertz CT molecular complexity index is 1460. The number of carbonyl (C=O) groups excluding carboxylic acids is 1. The first-order valence-corrected chi connectivity index (χ1v) is 14.6. The zero-order valence-electron chi connectivity index (χ0n) is 21.2. The number of carbonyl (C=O) groups is 1. The molecule has 0 radical (unpaired) electrons. The first kappa shape index (κ1) is 24.8. The van der Waals surface area contributed by atoms with Gasteiger partial charge in [0.05, 0.1) is 12.1 Å². The second-order valence-electron chi connectivity index (χ2n) is 9.81. The molecule has 1 aromatic heterocycles. The molecular formula is C32H29NO3S2. The van der Waals surface area contributed by atoms with Gasteiger partial charge >= 0.3 is 0 Å². The molecule has 2 aliphatic rings. The third-order valence-electron chi connectivity index (χ3n) is 7.30. The number of rotatable bonds is 6. The van der Waals surface area contributed by atoms with Gasteiger partial charge in [0.2, 0.25) is 5.91 Å². The van der Waals surface area contributed by atoms with Crippen LogP contribution >= 0.6 is 23.1 Å². The average molecular weight is 540 g/mol. The summed E-state index contributed by atoms with van der Waals surface area (Å²) in [7, 11) is 0. The monoisotopic (exact) mass is 539 g/mol. The van der Waals surface area contributed by atoms with Crippen molar-refractivity contribution in [3.05, 3.63) is 124 Å². The van der Waals surface area contributed by atoms with Crippen LogP contribution in [0.15, 0.2) is 107 Å². The topological polar surface area (TPSA) is 47.6 Å². The van der Waals surface area contributed by atoms with E-state index < -0.39 is 5.54 Å². The van der Waals surface area contributed by atoms with E-state index in [0.717, 1.165) is 50.6 Å². The van der Waals surface area contributed by atoms with Crippen molar-refractivity contribution in [1.82, 2.24) is 5.32 Å². The summed E-state index contributed by atoms with van der Waals surface area (Å²) < 4.78 is 12.3. The van der Waals surface area contributed by atoms with E-state index >= 15 is 0 Å². The van der Waals surface area contributed by atoms with Gasteiger partial charge in [-0.15, -0.1) is 11.8 Å². The van der Waals surface area contributed by atoms with Gasteiger partial charge in [0.15, 0.2) is 0 Å². The zero-order chi connectivity index (χ0) is 26.1. The maximum atomic E-state index is 13.7. The van der Waals surface area contributed by atoms with Crippen molar-refractivity contribution >= 4 is 29.0 Å². The molecule has 3 atom stereocenters. The van der Waals surface area contributed by atoms with E-state index in [0.29, 0.717) is 13.0 Å². The quantitative estimate of drug-likeness (QED) is 0.259. The van der Waals surface area contributed by atoms with Gasteiger partial charge in [-0.3, -0.25) is 4.79 Å². The van der Waals surface area contributed by atoms with Crippen molar-refractivity contribution < 1.29 is 14.3 Å². The number of para-hydroxylation sites is 1. The van der Waals surface area contributed by atoms with Crippen LogP contribution in [-0.4, -0.2) is 17.8 Å². The van der Waals surface area contributed by atoms with Crippen molar-refractivity contribution in [2.75, 3.05) is 6.61 Å². The van der Waals surface area contributed by atoms with E-state index in [4.69, 9.17) is 9.47 Å². The van der Waals surface area contributed by atoms with Gasteiger partial charge in [-0.1, -0.05) is 60.7 Å². The number of hydrogen-bond donors (Lipinski definition) is 1. The Balaban J connectivity index is 1.32. The molecule has 4 aromatic rings. The molecule has 38 heavy (non-hydrogen) atoms. The molecule has 6 rings (SSSR count). The van der Waals surface area contributed by atoms with Gasteiger partial charge < -0.3 is 14.8 Å². The predicted octanol–water partition coefficient (Wildman–Crippen LogP) is 7.44. The van der Waals surface area contributed by atoms with Gasteiger partial charge in [0, 0.05) is 23.3 Å². The highest BCUT2D eigenvalue weighted by atomic mass is 32.2. The summed E-state index contributed by atoms with van der Waals surface area (Å²) >= 11 is 3.20. The molecule has 3 aromatic carbocycles. The molecule has 0 bridgehead atoms. The Morgan fingerprint density at radius 3 is 2.71 bits per heavy atom. The fourth-order valence-electron chi connectivity index (χ4n) is 5.34. The Morgan fingerprint density at radius 1 is 1.05 bits per heavy atom. The summed E-state index contributed by atoms with van der Waals surface area (Å²) in [5, 5.41) is 7.25. The molecule has 3 heterocycles. The van der Waals surface area contributed by atoms with E-state index in [1.807, 2.05) is 42.5 Å². The molecular weight excluding hydrogens is 510 g/mol. The first-order chi connectivity index (χ1) is 18.5. The Kier molecular flexibility index (Phi) is 6.76. The third-order valence-corrected chi connectivity index (χ3v) is 9.48. The molecule has 192 valence electrons. The number of nitrogens with one attached hydrogen (secondary N) is 1. The summed E-state index contributed by atoms with van der Waals surface area (Å²) in [6.45, 7) is 7.11. The molecule has 1 saturated heterocycles. The van der Waals surface area contributed by atoms with Crippen molar-refractivity contribution in [2.24, 2.45) is 0 Å². The minimum atomic E-state index is -0.704. The van der Waals surface area contributed by atoms with Gasteiger partial charge in [0.1, 0.15) is 22.9 Å². The number of thioether (sulfide) groups is 1. The molecule has 0 aliphatic carbocycles. The molecule has 0 saturated carbocycles. The van der Waals surface area contributed by atoms with Crippen molar-refractivity contribution in [1.29, 1.82) is 0 Å². The van der Waals surface area contributed by atoms with Crippen LogP contribution in [0.1, 0.15) is 41.2 Å². The standard InChI is InChI=1S/C32H29NO3S2/c1-21-8-3-6-13-29(21)38-30-22(2)19-32(33-31(30)34,24-15-17-37-20-24)23-9-7-10-25(18-23)36-28-14-16-35-27-12-5-4-11-26(27)28/h3-13,15,17-18,20,28,30H,2,14,16,19H2,1H3,(H,33,34). The molecule has 4 nitrogen and oxygen atoms in total. The predicted molar refractivity (Wildman–Crippen MR) is 154 cm³/mol. The van der Waals surface area contributed by atoms with E-state index in [-0.39, 0.29) is 17.3 Å². The summed E-state index contributed by atoms with van der Waals surface area (Å²) in [6, 6.07) is 26.4. The van der Waals surface area contributed by atoms with E-state index in [1.165, 1.54) is 0 Å². The Labute approximate surface area is 231 Å². The van der Waals surface area contributed by atoms with Crippen LogP contribution in [-0.2, 0) is 10.3 Å². The van der Waals surface area contributed by atoms with Crippen LogP contribution in [0, 0.1) is 6.92 Å². The fourth-order valence-corrected chi connectivity index (χ4v) is 7.16. The normalized spacial score (nSPS) is 22.8. The molecule has 1 N–H and O–H groups in total. The van der Waals surface area contributed by atoms with Gasteiger partial charge in [-0.2, -0.15) is 11.3 Å². The highest BCUT2D eigenvalue weighted by Crippen LogP contribution is 2.45. The summed E-state index contributed by atoms with van der Waals surface area (Å²) in [4.78, 5) is 14.8. The van der Waals surface area contributed by atoms with E-state index in [1.54, 1.807) is 23.1 Å². The summed E-state index contributed by atoms with van der Waals surface area (Å²) in [5.41, 5.74) is 4.48. The number of thiophene rings is 1. The van der Waals surface area contributed by atoms with Crippen LogP contribution in [0.3, 0.4) is 0 Å². The summed E-state index contributed by atoms with van der Waals surface area (Å²) in [5.74, 6) is 1.63. The van der Waals surface area contributed by atoms with Crippen LogP contribution < -0.4 is 14.8 Å². The van der Waals surface area contributed by atoms with Crippen LogP contribution in [0.2, 0.25) is 0 Å². The first-order valence-electron chi connectivity index (χ1n) is 12.8. The lowest BCUT2D eigenvalue weighted by Crippen LogP contribution is -2.54. The summed E-state index contributed by atoms with van der Waals surface area (Å²) in [6.07, 6.45) is 1.31. The second kappa shape index (κ2) is 10.4. The van der Waals surface area contributed by atoms with Crippen LogP contribution in [0.25, 0.3) is 0 Å². The maximum Gasteiger partial charge on any atom is 0.238 e. The molecule has 1 fully saturated rings. The highest BCUT2D eigenvalue weighted by Gasteiger charge is 2.45. The van der Waals surface area contributed by atoms with Crippen molar-refractivity contribution in [3.63, 3.8) is 0 Å². The fraction of sp³-hybridized carbons (Fsp3) is 0.219. The molecule has 2 aliphatic heterocycles. The SMILES string of the molecule is C=C1CC(c2ccsc2)(c2cccc(OC3CCOc4ccccc43)c2)NC(=O)C1Sc1ccccc1C. The van der Waals surface area contributed by atoms with Crippen LogP contribution in [0.4, 0.5) is 0 Å². The lowest BCUT2D eigenvalue weighted by Gasteiger charge is -2.42. The van der Waals surface area contributed by atoms with Gasteiger partial charge in [-0.05, 0) is 64.7 Å². The Hall–Kier alpha value is -3.48. The molecule has 6 heteroatoms. The minimum absolute atomic E-state index is 0.0228. The number of ether oxygens (including phenoxy) is 2. The van der Waals surface area contributed by atoms with Crippen molar-refractivity contribution in [2.45, 2.75) is 41.6 Å². The van der Waals surface area contributed by atoms with E-state index in [9.17, 15) is 4.79 Å². The molecule has 1 amide bonds. The van der Waals surface area contributed by atoms with Gasteiger partial charge in [-0.25, -0.2) is 0 Å². The van der Waals surface area contributed by atoms with Crippen LogP contribution in [0.5, 0.6) is 11.5 Å². The maximum absolute atomic E-state index is 13.7. The number of fused-ring (bicyclic) bond motifs is 1. The molecule has 0 spiro atoms. The smallest absolute Gasteiger partial charge is 0.238 e. The number of amides is 1. The largest absolute Gasteiger partial charge is 0.493 e. The van der Waals surface area contributed by atoms with E-state index in [2.05, 4.69) is 66.0 Å². The minimum Gasteiger partial charge on any atom is -0.493 e. The Morgan fingerprint density at radius 2 is 1.89 bits per heavy atom. The lowest BCUT2D eigenvalue weighted by molar-refractivity contribution is -0.122. The van der Waals surface area contributed by atoms with Crippen molar-refractivity contribution in [3.8, 4) is 11.5 Å². The molecule has 3 unspecified atom stereocenters. The zero-order valence-corrected chi connectivity index (χ0v) is 22.8.